The third-order valence-corrected chi connectivity index (χ3v) is 12.8. The minimum absolute atomic E-state index is 0.599. The lowest BCUT2D eigenvalue weighted by Gasteiger charge is -2.20. The van der Waals surface area contributed by atoms with Gasteiger partial charge in [-0.15, -0.1) is 27.7 Å². The van der Waals surface area contributed by atoms with Crippen LogP contribution in [0.25, 0.3) is 98.5 Å². The Morgan fingerprint density at radius 2 is 0.982 bits per heavy atom. The fourth-order valence-corrected chi connectivity index (χ4v) is 9.45. The van der Waals surface area contributed by atoms with E-state index in [2.05, 4.69) is 142 Å². The van der Waals surface area contributed by atoms with Gasteiger partial charge in [-0.1, -0.05) is 120 Å². The lowest BCUT2D eigenvalue weighted by Crippen LogP contribution is -2.55. The largest absolute Gasteiger partial charge is 0.456 e. The van der Waals surface area contributed by atoms with Crippen molar-refractivity contribution >= 4 is 120 Å². The molecule has 0 fully saturated rings. The SMILES string of the molecule is Bc1c(B)c(B)c(-c2ccc(-c3nc(-c4ccccc4)nc(-c4ccc5c(c4)oc4cccc(-c6cccc7c6sc6ccccc67)c45)n3)cc2)c(B)c1B. The summed E-state index contributed by atoms with van der Waals surface area (Å²) < 4.78 is 9.19. The summed E-state index contributed by atoms with van der Waals surface area (Å²) in [5.41, 5.74) is 16.0. The first-order valence-electron chi connectivity index (χ1n) is 18.7. The zero-order chi connectivity index (χ0) is 37.4. The van der Waals surface area contributed by atoms with Gasteiger partial charge in [-0.3, -0.25) is 0 Å². The van der Waals surface area contributed by atoms with Crippen LogP contribution in [0.15, 0.2) is 138 Å². The third-order valence-electron chi connectivity index (χ3n) is 11.5. The minimum Gasteiger partial charge on any atom is -0.456 e. The van der Waals surface area contributed by atoms with Crippen LogP contribution in [0.4, 0.5) is 0 Å². The number of hydrogen-bond acceptors (Lipinski definition) is 5. The van der Waals surface area contributed by atoms with Gasteiger partial charge < -0.3 is 4.42 Å². The molecule has 0 spiro atoms. The highest BCUT2D eigenvalue weighted by Gasteiger charge is 2.19. The normalized spacial score (nSPS) is 11.6. The maximum atomic E-state index is 6.61. The van der Waals surface area contributed by atoms with Crippen molar-refractivity contribution in [2.45, 2.75) is 0 Å². The van der Waals surface area contributed by atoms with Crippen molar-refractivity contribution in [3.05, 3.63) is 133 Å². The first-order chi connectivity index (χ1) is 26.8. The molecular weight excluding hydrogens is 685 g/mol. The van der Waals surface area contributed by atoms with Crippen LogP contribution in [0, 0.1) is 0 Å². The molecule has 7 aromatic carbocycles. The Balaban J connectivity index is 1.10. The van der Waals surface area contributed by atoms with Gasteiger partial charge in [0.2, 0.25) is 0 Å². The van der Waals surface area contributed by atoms with Crippen molar-refractivity contribution in [2.24, 2.45) is 0 Å². The summed E-state index contributed by atoms with van der Waals surface area (Å²) in [6.07, 6.45) is 0. The average molecular weight is 717 g/mol. The Hall–Kier alpha value is -6.11. The van der Waals surface area contributed by atoms with Gasteiger partial charge in [0.05, 0.1) is 0 Å². The molecule has 55 heavy (non-hydrogen) atoms. The highest BCUT2D eigenvalue weighted by atomic mass is 32.1. The number of hydrogen-bond donors (Lipinski definition) is 0. The van der Waals surface area contributed by atoms with Crippen molar-refractivity contribution in [3.63, 3.8) is 0 Å². The summed E-state index contributed by atoms with van der Waals surface area (Å²) in [5, 5.41) is 4.75. The summed E-state index contributed by atoms with van der Waals surface area (Å²) in [5.74, 6) is 1.86. The topological polar surface area (TPSA) is 51.8 Å². The molecule has 0 aliphatic carbocycles. The quantitative estimate of drug-likeness (QED) is 0.255. The van der Waals surface area contributed by atoms with Crippen LogP contribution in [0.2, 0.25) is 0 Å². The Morgan fingerprint density at radius 3 is 1.73 bits per heavy atom. The predicted molar refractivity (Wildman–Crippen MR) is 248 cm³/mol. The molecule has 3 heterocycles. The molecule has 0 N–H and O–H groups in total. The zero-order valence-electron chi connectivity index (χ0n) is 31.4. The van der Waals surface area contributed by atoms with Gasteiger partial charge >= 0.3 is 0 Å². The van der Waals surface area contributed by atoms with Crippen LogP contribution in [-0.4, -0.2) is 54.2 Å². The van der Waals surface area contributed by atoms with Crippen LogP contribution in [0.3, 0.4) is 0 Å². The molecule has 0 radical (unpaired) electrons. The second-order valence-corrected chi connectivity index (χ2v) is 15.6. The first-order valence-corrected chi connectivity index (χ1v) is 19.5. The van der Waals surface area contributed by atoms with E-state index < -0.39 is 0 Å². The Bertz CT molecular complexity index is 3130. The summed E-state index contributed by atoms with van der Waals surface area (Å²) in [7, 11) is 11.1. The van der Waals surface area contributed by atoms with E-state index >= 15 is 0 Å². The second-order valence-electron chi connectivity index (χ2n) is 14.5. The van der Waals surface area contributed by atoms with Gasteiger partial charge in [0.1, 0.15) is 50.4 Å². The van der Waals surface area contributed by atoms with Gasteiger partial charge in [0, 0.05) is 53.2 Å². The number of furan rings is 1. The lowest BCUT2D eigenvalue weighted by molar-refractivity contribution is 0.669. The van der Waals surface area contributed by atoms with E-state index in [1.54, 1.807) is 0 Å². The lowest BCUT2D eigenvalue weighted by atomic mass is 9.59. The molecule has 0 unspecified atom stereocenters. The summed E-state index contributed by atoms with van der Waals surface area (Å²) >= 11 is 1.85. The Kier molecular flexibility index (Phi) is 7.93. The molecule has 0 bridgehead atoms. The molecule has 254 valence electrons. The monoisotopic (exact) mass is 717 g/mol. The van der Waals surface area contributed by atoms with Crippen molar-refractivity contribution in [2.75, 3.05) is 0 Å². The molecule has 3 aromatic heterocycles. The molecule has 0 saturated carbocycles. The van der Waals surface area contributed by atoms with Gasteiger partial charge in [-0.2, -0.15) is 0 Å². The first kappa shape index (κ1) is 33.5. The minimum atomic E-state index is 0.599. The number of thiophene rings is 1. The fourth-order valence-electron chi connectivity index (χ4n) is 8.22. The Morgan fingerprint density at radius 1 is 0.418 bits per heavy atom. The molecule has 0 aliphatic rings. The smallest absolute Gasteiger partial charge is 0.164 e. The number of rotatable bonds is 5. The summed E-state index contributed by atoms with van der Waals surface area (Å²) in [6, 6.07) is 46.8. The van der Waals surface area contributed by atoms with Crippen LogP contribution in [0.5, 0.6) is 0 Å². The van der Waals surface area contributed by atoms with Crippen LogP contribution < -0.4 is 27.3 Å². The van der Waals surface area contributed by atoms with Crippen LogP contribution in [-0.2, 0) is 0 Å². The van der Waals surface area contributed by atoms with Crippen LogP contribution in [0.1, 0.15) is 0 Å². The molecule has 10 aromatic rings. The average Bonchev–Trinajstić information content (AvgIpc) is 3.81. The summed E-state index contributed by atoms with van der Waals surface area (Å²) in [6.45, 7) is 0. The van der Waals surface area contributed by atoms with E-state index in [0.717, 1.165) is 38.6 Å². The van der Waals surface area contributed by atoms with Gasteiger partial charge in [0.15, 0.2) is 17.5 Å². The van der Waals surface area contributed by atoms with Crippen molar-refractivity contribution in [1.82, 2.24) is 15.0 Å². The molecular formula is C45H32B5N3OS. The molecule has 4 nitrogen and oxygen atoms in total. The van der Waals surface area contributed by atoms with Crippen molar-refractivity contribution in [3.8, 4) is 56.4 Å². The molecule has 0 aliphatic heterocycles. The van der Waals surface area contributed by atoms with E-state index in [1.165, 1.54) is 69.7 Å². The Labute approximate surface area is 327 Å². The highest BCUT2D eigenvalue weighted by molar-refractivity contribution is 7.26. The second kappa shape index (κ2) is 13.0. The number of nitrogens with zero attached hydrogens (tertiary/aromatic N) is 3. The standard InChI is InChI=1S/C45H32B5N3OS/c46-37-35(38(47)40(49)41(50)39(37)48)23-16-18-25(19-17-23)44-51-43(24-8-2-1-3-9-24)52-45(53-44)26-20-21-31-33(22-26)54-32-14-7-11-28(36(31)32)30-13-6-12-29-27-10-4-5-15-34(27)55-42(29)30/h1-22H,46-50H2. The third kappa shape index (κ3) is 5.46. The molecule has 0 saturated heterocycles. The number of fused-ring (bicyclic) bond motifs is 6. The van der Waals surface area contributed by atoms with E-state index in [4.69, 9.17) is 19.4 Å². The van der Waals surface area contributed by atoms with Gasteiger partial charge in [0.25, 0.3) is 0 Å². The van der Waals surface area contributed by atoms with E-state index in [1.807, 2.05) is 41.7 Å². The maximum absolute atomic E-state index is 6.61. The van der Waals surface area contributed by atoms with Crippen molar-refractivity contribution in [1.29, 1.82) is 0 Å². The maximum Gasteiger partial charge on any atom is 0.164 e. The van der Waals surface area contributed by atoms with Gasteiger partial charge in [-0.25, -0.2) is 15.0 Å². The zero-order valence-corrected chi connectivity index (χ0v) is 32.2. The molecule has 10 rings (SSSR count). The van der Waals surface area contributed by atoms with Gasteiger partial charge in [-0.05, 0) is 41.0 Å². The molecule has 10 heteroatoms. The van der Waals surface area contributed by atoms with Crippen molar-refractivity contribution < 1.29 is 4.42 Å². The summed E-state index contributed by atoms with van der Waals surface area (Å²) in [4.78, 5) is 15.1. The molecule has 0 amide bonds. The molecule has 0 atom stereocenters. The van der Waals surface area contributed by atoms with E-state index in [-0.39, 0.29) is 0 Å². The number of benzene rings is 7. The predicted octanol–water partition coefficient (Wildman–Crippen LogP) is 3.77. The van der Waals surface area contributed by atoms with E-state index in [9.17, 15) is 0 Å². The highest BCUT2D eigenvalue weighted by Crippen LogP contribution is 2.44. The number of aromatic nitrogens is 3. The van der Waals surface area contributed by atoms with Crippen LogP contribution >= 0.6 is 11.3 Å². The van der Waals surface area contributed by atoms with E-state index in [0.29, 0.717) is 17.5 Å². The fraction of sp³-hybridized carbons (Fsp3) is 0.